The molecule has 0 saturated carbocycles. The number of carbonyl (C=O) groups excluding carboxylic acids is 1. The van der Waals surface area contributed by atoms with Gasteiger partial charge in [-0.15, -0.1) is 0 Å². The van der Waals surface area contributed by atoms with Gasteiger partial charge >= 0.3 is 0 Å². The van der Waals surface area contributed by atoms with Crippen LogP contribution in [0, 0.1) is 5.92 Å². The third-order valence-electron chi connectivity index (χ3n) is 5.59. The molecule has 0 amide bonds. The molecule has 2 unspecified atom stereocenters. The summed E-state index contributed by atoms with van der Waals surface area (Å²) >= 11 is 7.60. The normalized spacial score (nSPS) is 18.8. The van der Waals surface area contributed by atoms with Crippen LogP contribution in [0.25, 0.3) is 0 Å². The van der Waals surface area contributed by atoms with Crippen molar-refractivity contribution in [3.8, 4) is 0 Å². The fourth-order valence-electron chi connectivity index (χ4n) is 3.99. The topological polar surface area (TPSA) is 58.9 Å². The number of rotatable bonds is 17. The molecule has 0 saturated heterocycles. The Labute approximate surface area is 198 Å². The van der Waals surface area contributed by atoms with E-state index in [9.17, 15) is 9.90 Å². The van der Waals surface area contributed by atoms with E-state index in [1.54, 1.807) is 6.08 Å². The molecular weight excluding hydrogens is 430 g/mol. The molecule has 0 heterocycles. The molecule has 2 atom stereocenters. The standard InChI is InChI=1S/C25H42ClNO3S/c1-4-7-8-9-17-31-21(11-5-2)14-13-20-18-23(28)25(24(29)19-20)22(12-6-3)27-30-16-10-15-26/h10,15,20-21,28H,4-9,11-14,16-19H2,1-3H3. The predicted octanol–water partition coefficient (Wildman–Crippen LogP) is 7.97. The number of unbranched alkanes of at least 4 members (excludes halogenated alkanes) is 3. The van der Waals surface area contributed by atoms with Gasteiger partial charge in [0.1, 0.15) is 12.4 Å². The van der Waals surface area contributed by atoms with Crippen molar-refractivity contribution in [2.45, 2.75) is 103 Å². The Morgan fingerprint density at radius 3 is 2.65 bits per heavy atom. The van der Waals surface area contributed by atoms with Gasteiger partial charge in [0.2, 0.25) is 0 Å². The summed E-state index contributed by atoms with van der Waals surface area (Å²) in [4.78, 5) is 18.1. The van der Waals surface area contributed by atoms with E-state index >= 15 is 0 Å². The van der Waals surface area contributed by atoms with Gasteiger partial charge in [-0.2, -0.15) is 11.8 Å². The van der Waals surface area contributed by atoms with Crippen molar-refractivity contribution in [3.63, 3.8) is 0 Å². The number of hydrogen-bond donors (Lipinski definition) is 1. The number of halogens is 1. The minimum Gasteiger partial charge on any atom is -0.511 e. The summed E-state index contributed by atoms with van der Waals surface area (Å²) in [5.74, 6) is 1.64. The van der Waals surface area contributed by atoms with Gasteiger partial charge in [0, 0.05) is 23.6 Å². The maximum Gasteiger partial charge on any atom is 0.168 e. The lowest BCUT2D eigenvalue weighted by atomic mass is 9.82. The van der Waals surface area contributed by atoms with E-state index in [0.29, 0.717) is 35.8 Å². The molecule has 0 aromatic heterocycles. The zero-order chi connectivity index (χ0) is 22.9. The number of oxime groups is 1. The van der Waals surface area contributed by atoms with Crippen LogP contribution in [-0.2, 0) is 9.63 Å². The van der Waals surface area contributed by atoms with Crippen molar-refractivity contribution in [2.24, 2.45) is 11.1 Å². The Hall–Kier alpha value is -0.940. The number of aliphatic hydroxyl groups is 1. The molecule has 178 valence electrons. The Kier molecular flexibility index (Phi) is 15.9. The van der Waals surface area contributed by atoms with Gasteiger partial charge in [0.05, 0.1) is 11.3 Å². The fourth-order valence-corrected chi connectivity index (χ4v) is 5.47. The largest absolute Gasteiger partial charge is 0.511 e. The van der Waals surface area contributed by atoms with Crippen LogP contribution in [0.2, 0.25) is 0 Å². The summed E-state index contributed by atoms with van der Waals surface area (Å²) in [5, 5.41) is 15.5. The molecule has 0 bridgehead atoms. The van der Waals surface area contributed by atoms with E-state index in [1.807, 2.05) is 6.92 Å². The van der Waals surface area contributed by atoms with E-state index in [2.05, 4.69) is 30.8 Å². The lowest BCUT2D eigenvalue weighted by molar-refractivity contribution is -0.116. The van der Waals surface area contributed by atoms with Crippen molar-refractivity contribution in [1.29, 1.82) is 0 Å². The summed E-state index contributed by atoms with van der Waals surface area (Å²) < 4.78 is 0. The molecule has 1 aliphatic rings. The highest BCUT2D eigenvalue weighted by Crippen LogP contribution is 2.33. The molecule has 0 aromatic carbocycles. The molecule has 1 rings (SSSR count). The second-order valence-corrected chi connectivity index (χ2v) is 10.0. The van der Waals surface area contributed by atoms with E-state index in [0.717, 1.165) is 19.3 Å². The number of nitrogens with zero attached hydrogens (tertiary/aromatic N) is 1. The highest BCUT2D eigenvalue weighted by Gasteiger charge is 2.31. The molecule has 0 aliphatic heterocycles. The average molecular weight is 472 g/mol. The molecular formula is C25H42ClNO3S. The minimum atomic E-state index is -0.00306. The molecule has 31 heavy (non-hydrogen) atoms. The second-order valence-electron chi connectivity index (χ2n) is 8.38. The number of allylic oxidation sites excluding steroid dienone is 2. The predicted molar refractivity (Wildman–Crippen MR) is 135 cm³/mol. The zero-order valence-electron chi connectivity index (χ0n) is 19.7. The van der Waals surface area contributed by atoms with Crippen LogP contribution >= 0.6 is 23.4 Å². The summed E-state index contributed by atoms with van der Waals surface area (Å²) in [7, 11) is 0. The van der Waals surface area contributed by atoms with E-state index in [-0.39, 0.29) is 24.1 Å². The second kappa shape index (κ2) is 17.6. The highest BCUT2D eigenvalue weighted by atomic mass is 35.5. The van der Waals surface area contributed by atoms with Crippen LogP contribution in [-0.4, -0.2) is 34.2 Å². The number of carbonyl (C=O) groups is 1. The highest BCUT2D eigenvalue weighted by molar-refractivity contribution is 7.99. The summed E-state index contributed by atoms with van der Waals surface area (Å²) in [5.41, 5.74) is 2.30. The van der Waals surface area contributed by atoms with Gasteiger partial charge < -0.3 is 9.94 Å². The number of thioether (sulfide) groups is 1. The molecule has 1 N–H and O–H groups in total. The van der Waals surface area contributed by atoms with E-state index in [1.165, 1.54) is 49.8 Å². The zero-order valence-corrected chi connectivity index (χ0v) is 21.3. The number of ketones is 1. The molecule has 0 fully saturated rings. The summed E-state index contributed by atoms with van der Waals surface area (Å²) in [6, 6.07) is 0. The lowest BCUT2D eigenvalue weighted by Crippen LogP contribution is -2.25. The maximum atomic E-state index is 12.9. The van der Waals surface area contributed by atoms with Crippen molar-refractivity contribution in [2.75, 3.05) is 12.4 Å². The first-order valence-electron chi connectivity index (χ1n) is 12.1. The van der Waals surface area contributed by atoms with Crippen LogP contribution in [0.5, 0.6) is 0 Å². The van der Waals surface area contributed by atoms with Crippen molar-refractivity contribution < 1.29 is 14.7 Å². The quantitative estimate of drug-likeness (QED) is 0.133. The van der Waals surface area contributed by atoms with Gasteiger partial charge in [0.25, 0.3) is 0 Å². The molecule has 6 heteroatoms. The Morgan fingerprint density at radius 1 is 1.19 bits per heavy atom. The SMILES string of the molecule is CCCCCCSC(CCC)CCC1CC(=O)C(C(CCC)=NOCC=CCl)=C(O)C1. The van der Waals surface area contributed by atoms with Gasteiger partial charge in [-0.05, 0) is 49.9 Å². The van der Waals surface area contributed by atoms with Gasteiger partial charge in [-0.1, -0.05) is 69.6 Å². The van der Waals surface area contributed by atoms with Crippen molar-refractivity contribution >= 4 is 34.9 Å². The fraction of sp³-hybridized carbons (Fsp3) is 0.760. The van der Waals surface area contributed by atoms with Crippen molar-refractivity contribution in [1.82, 2.24) is 0 Å². The molecule has 0 aromatic rings. The molecule has 0 radical (unpaired) electrons. The first-order chi connectivity index (χ1) is 15.1. The minimum absolute atomic E-state index is 0.00306. The van der Waals surface area contributed by atoms with E-state index in [4.69, 9.17) is 16.4 Å². The third kappa shape index (κ3) is 11.5. The smallest absolute Gasteiger partial charge is 0.168 e. The Balaban J connectivity index is 2.65. The van der Waals surface area contributed by atoms with Crippen LogP contribution < -0.4 is 0 Å². The lowest BCUT2D eigenvalue weighted by Gasteiger charge is -2.25. The average Bonchev–Trinajstić information content (AvgIpc) is 2.74. The van der Waals surface area contributed by atoms with Gasteiger partial charge in [-0.25, -0.2) is 0 Å². The number of aliphatic hydroxyl groups excluding tert-OH is 1. The van der Waals surface area contributed by atoms with Crippen LogP contribution in [0.1, 0.15) is 97.8 Å². The Bertz CT molecular complexity index is 604. The van der Waals surface area contributed by atoms with Gasteiger partial charge in [0.15, 0.2) is 5.78 Å². The molecule has 1 aliphatic carbocycles. The van der Waals surface area contributed by atoms with Crippen LogP contribution in [0.3, 0.4) is 0 Å². The van der Waals surface area contributed by atoms with Gasteiger partial charge in [-0.3, -0.25) is 4.79 Å². The van der Waals surface area contributed by atoms with E-state index < -0.39 is 0 Å². The molecule has 4 nitrogen and oxygen atoms in total. The monoisotopic (exact) mass is 471 g/mol. The third-order valence-corrected chi connectivity index (χ3v) is 7.24. The van der Waals surface area contributed by atoms with Crippen LogP contribution in [0.15, 0.2) is 28.1 Å². The van der Waals surface area contributed by atoms with Crippen molar-refractivity contribution in [3.05, 3.63) is 22.9 Å². The maximum absolute atomic E-state index is 12.9. The number of Topliss-reactive ketones (excluding diaryl/α,β-unsaturated/α-hetero) is 1. The van der Waals surface area contributed by atoms with Crippen LogP contribution in [0.4, 0.5) is 0 Å². The first-order valence-corrected chi connectivity index (χ1v) is 13.6. The summed E-state index contributed by atoms with van der Waals surface area (Å²) in [6.45, 7) is 6.76. The Morgan fingerprint density at radius 2 is 2.00 bits per heavy atom. The number of hydrogen-bond acceptors (Lipinski definition) is 5. The first kappa shape index (κ1) is 28.1. The summed E-state index contributed by atoms with van der Waals surface area (Å²) in [6.07, 6.45) is 13.9. The molecule has 0 spiro atoms.